The lowest BCUT2D eigenvalue weighted by Crippen LogP contribution is -2.43. The molecule has 6 nitrogen and oxygen atoms in total. The summed E-state index contributed by atoms with van der Waals surface area (Å²) in [7, 11) is 2.96. The van der Waals surface area contributed by atoms with E-state index in [-0.39, 0.29) is 30.5 Å². The first kappa shape index (κ1) is 23.2. The van der Waals surface area contributed by atoms with E-state index in [1.165, 1.54) is 0 Å². The maximum absolute atomic E-state index is 12.3. The minimum Gasteiger partial charge on any atom is -0.381 e. The highest BCUT2D eigenvalue weighted by Crippen LogP contribution is 2.15. The number of nitrogens with one attached hydrogen (secondary N) is 1. The molecule has 0 saturated carbocycles. The van der Waals surface area contributed by atoms with Crippen LogP contribution < -0.4 is 5.32 Å². The first-order valence-corrected chi connectivity index (χ1v) is 7.60. The number of rotatable bonds is 6. The van der Waals surface area contributed by atoms with Crippen molar-refractivity contribution in [2.45, 2.75) is 19.5 Å². The van der Waals surface area contributed by atoms with Crippen LogP contribution in [-0.2, 0) is 9.53 Å². The number of likely N-dealkylation sites (N-methyl/N-ethyl adjacent to an activating group) is 1. The first-order chi connectivity index (χ1) is 10.7. The van der Waals surface area contributed by atoms with Gasteiger partial charge >= 0.3 is 6.18 Å². The molecular weight excluding hydrogens is 440 g/mol. The number of carbonyl (C=O) groups excluding carboxylic acids is 1. The third kappa shape index (κ3) is 8.90. The molecule has 1 rings (SSSR count). The van der Waals surface area contributed by atoms with E-state index in [2.05, 4.69) is 10.3 Å². The molecule has 1 amide bonds. The van der Waals surface area contributed by atoms with Gasteiger partial charge in [0.1, 0.15) is 13.1 Å². The van der Waals surface area contributed by atoms with Crippen LogP contribution >= 0.6 is 24.0 Å². The van der Waals surface area contributed by atoms with Crippen LogP contribution in [0.2, 0.25) is 0 Å². The third-order valence-electron chi connectivity index (χ3n) is 3.46. The molecular formula is C14H26F3IN4O2. The SMILES string of the molecule is CCNC(=NCC(=O)N(C)CC(F)(F)F)N(C)CC1CCOC1.I. The first-order valence-electron chi connectivity index (χ1n) is 7.60. The van der Waals surface area contributed by atoms with Gasteiger partial charge in [0.15, 0.2) is 5.96 Å². The van der Waals surface area contributed by atoms with Gasteiger partial charge in [-0.25, -0.2) is 4.99 Å². The molecule has 0 aromatic heterocycles. The number of hydrogen-bond acceptors (Lipinski definition) is 3. The van der Waals surface area contributed by atoms with Gasteiger partial charge in [-0.15, -0.1) is 24.0 Å². The molecule has 1 aliphatic rings. The van der Waals surface area contributed by atoms with Crippen LogP contribution in [-0.4, -0.2) is 81.3 Å². The molecule has 142 valence electrons. The van der Waals surface area contributed by atoms with Crippen molar-refractivity contribution in [1.82, 2.24) is 15.1 Å². The fourth-order valence-electron chi connectivity index (χ4n) is 2.29. The average molecular weight is 466 g/mol. The van der Waals surface area contributed by atoms with Crippen molar-refractivity contribution in [3.8, 4) is 0 Å². The Labute approximate surface area is 157 Å². The number of amides is 1. The minimum atomic E-state index is -4.40. The Morgan fingerprint density at radius 2 is 2.00 bits per heavy atom. The lowest BCUT2D eigenvalue weighted by atomic mass is 10.1. The number of nitrogens with zero attached hydrogens (tertiary/aromatic N) is 3. The highest BCUT2D eigenvalue weighted by molar-refractivity contribution is 14.0. The minimum absolute atomic E-state index is 0. The summed E-state index contributed by atoms with van der Waals surface area (Å²) in [5.74, 6) is 0.232. The van der Waals surface area contributed by atoms with E-state index in [9.17, 15) is 18.0 Å². The van der Waals surface area contributed by atoms with Crippen molar-refractivity contribution in [1.29, 1.82) is 0 Å². The molecule has 0 aromatic carbocycles. The molecule has 1 atom stereocenters. The van der Waals surface area contributed by atoms with Crippen LogP contribution in [0.25, 0.3) is 0 Å². The number of aliphatic imine (C=N–C) groups is 1. The zero-order valence-corrected chi connectivity index (χ0v) is 16.6. The van der Waals surface area contributed by atoms with Crippen molar-refractivity contribution in [3.05, 3.63) is 0 Å². The Morgan fingerprint density at radius 3 is 2.50 bits per heavy atom. The Balaban J connectivity index is 0.00000529. The molecule has 1 aliphatic heterocycles. The molecule has 24 heavy (non-hydrogen) atoms. The van der Waals surface area contributed by atoms with E-state index in [4.69, 9.17) is 4.74 Å². The van der Waals surface area contributed by atoms with E-state index in [0.717, 1.165) is 26.6 Å². The van der Waals surface area contributed by atoms with Gasteiger partial charge in [-0.3, -0.25) is 4.79 Å². The van der Waals surface area contributed by atoms with Gasteiger partial charge in [-0.1, -0.05) is 0 Å². The smallest absolute Gasteiger partial charge is 0.381 e. The summed E-state index contributed by atoms with van der Waals surface area (Å²) in [6.07, 6.45) is -3.44. The summed E-state index contributed by atoms with van der Waals surface area (Å²) >= 11 is 0. The van der Waals surface area contributed by atoms with Crippen LogP contribution in [0.4, 0.5) is 13.2 Å². The predicted molar refractivity (Wildman–Crippen MR) is 96.6 cm³/mol. The Morgan fingerprint density at radius 1 is 1.33 bits per heavy atom. The molecule has 1 fully saturated rings. The highest BCUT2D eigenvalue weighted by atomic mass is 127. The molecule has 0 aromatic rings. The fraction of sp³-hybridized carbons (Fsp3) is 0.857. The van der Waals surface area contributed by atoms with Gasteiger partial charge in [0.2, 0.25) is 5.91 Å². The van der Waals surface area contributed by atoms with Crippen LogP contribution in [0.15, 0.2) is 4.99 Å². The molecule has 10 heteroatoms. The monoisotopic (exact) mass is 466 g/mol. The van der Waals surface area contributed by atoms with Crippen molar-refractivity contribution in [3.63, 3.8) is 0 Å². The van der Waals surface area contributed by atoms with Gasteiger partial charge in [0, 0.05) is 39.7 Å². The summed E-state index contributed by atoms with van der Waals surface area (Å²) in [4.78, 5) is 18.4. The summed E-state index contributed by atoms with van der Waals surface area (Å²) in [5, 5.41) is 3.04. The number of hydrogen-bond donors (Lipinski definition) is 1. The highest BCUT2D eigenvalue weighted by Gasteiger charge is 2.31. The Hall–Kier alpha value is -0.780. The Bertz CT molecular complexity index is 415. The zero-order valence-electron chi connectivity index (χ0n) is 14.2. The molecule has 1 N–H and O–H groups in total. The molecule has 1 heterocycles. The van der Waals surface area contributed by atoms with Crippen molar-refractivity contribution < 1.29 is 22.7 Å². The summed E-state index contributed by atoms with van der Waals surface area (Å²) < 4.78 is 42.2. The van der Waals surface area contributed by atoms with Gasteiger partial charge in [-0.05, 0) is 13.3 Å². The Kier molecular flexibility index (Phi) is 10.6. The maximum atomic E-state index is 12.3. The lowest BCUT2D eigenvalue weighted by molar-refractivity contribution is -0.157. The van der Waals surface area contributed by atoms with Crippen molar-refractivity contribution >= 4 is 35.8 Å². The molecule has 0 bridgehead atoms. The molecule has 0 radical (unpaired) electrons. The van der Waals surface area contributed by atoms with E-state index in [0.29, 0.717) is 29.9 Å². The topological polar surface area (TPSA) is 57.2 Å². The van der Waals surface area contributed by atoms with Crippen LogP contribution in [0, 0.1) is 5.92 Å². The van der Waals surface area contributed by atoms with Crippen molar-refractivity contribution in [2.75, 3.05) is 53.5 Å². The summed E-state index contributed by atoms with van der Waals surface area (Å²) in [6, 6.07) is 0. The average Bonchev–Trinajstić information content (AvgIpc) is 2.93. The quantitative estimate of drug-likeness (QED) is 0.367. The van der Waals surface area contributed by atoms with Crippen molar-refractivity contribution in [2.24, 2.45) is 10.9 Å². The van der Waals surface area contributed by atoms with E-state index >= 15 is 0 Å². The second-order valence-electron chi connectivity index (χ2n) is 5.65. The number of halogens is 4. The predicted octanol–water partition coefficient (Wildman–Crippen LogP) is 1.56. The number of guanidine groups is 1. The largest absolute Gasteiger partial charge is 0.406 e. The van der Waals surface area contributed by atoms with Gasteiger partial charge < -0.3 is 19.9 Å². The van der Waals surface area contributed by atoms with Gasteiger partial charge in [0.05, 0.1) is 6.61 Å². The third-order valence-corrected chi connectivity index (χ3v) is 3.46. The second-order valence-corrected chi connectivity index (χ2v) is 5.65. The summed E-state index contributed by atoms with van der Waals surface area (Å²) in [6.45, 7) is 3.06. The number of ether oxygens (including phenoxy) is 1. The molecule has 0 aliphatic carbocycles. The molecule has 0 spiro atoms. The van der Waals surface area contributed by atoms with Gasteiger partial charge in [0.25, 0.3) is 0 Å². The normalized spacial score (nSPS) is 18.1. The van der Waals surface area contributed by atoms with E-state index in [1.54, 1.807) is 0 Å². The van der Waals surface area contributed by atoms with Crippen LogP contribution in [0.3, 0.4) is 0 Å². The van der Waals surface area contributed by atoms with Crippen LogP contribution in [0.5, 0.6) is 0 Å². The van der Waals surface area contributed by atoms with Gasteiger partial charge in [-0.2, -0.15) is 13.2 Å². The van der Waals surface area contributed by atoms with Crippen LogP contribution in [0.1, 0.15) is 13.3 Å². The number of carbonyl (C=O) groups is 1. The zero-order chi connectivity index (χ0) is 17.5. The fourth-order valence-corrected chi connectivity index (χ4v) is 2.29. The summed E-state index contributed by atoms with van der Waals surface area (Å²) in [5.41, 5.74) is 0. The van der Waals surface area contributed by atoms with E-state index in [1.807, 2.05) is 18.9 Å². The molecule has 1 unspecified atom stereocenters. The second kappa shape index (κ2) is 11.0. The van der Waals surface area contributed by atoms with E-state index < -0.39 is 18.6 Å². The lowest BCUT2D eigenvalue weighted by Gasteiger charge is -2.25. The maximum Gasteiger partial charge on any atom is 0.406 e. The molecule has 1 saturated heterocycles. The number of alkyl halides is 3. The standard InChI is InChI=1S/C14H25F3N4O2.HI/c1-4-18-13(20(2)8-11-5-6-23-9-11)19-7-12(22)21(3)10-14(15,16)17;/h11H,4-10H2,1-3H3,(H,18,19);1H.